The minimum absolute atomic E-state index is 0.0825. The summed E-state index contributed by atoms with van der Waals surface area (Å²) in [6.45, 7) is 2.52. The van der Waals surface area contributed by atoms with Crippen molar-refractivity contribution in [2.75, 3.05) is 20.6 Å². The maximum Gasteiger partial charge on any atom is 0.256 e. The molecule has 1 atom stereocenters. The van der Waals surface area contributed by atoms with E-state index in [1.807, 2.05) is 42.3 Å². The fourth-order valence-electron chi connectivity index (χ4n) is 4.14. The molecule has 1 aliphatic heterocycles. The predicted octanol–water partition coefficient (Wildman–Crippen LogP) is 3.26. The summed E-state index contributed by atoms with van der Waals surface area (Å²) in [5.41, 5.74) is 3.18. The fourth-order valence-corrected chi connectivity index (χ4v) is 4.14. The molecule has 3 heterocycles. The van der Waals surface area contributed by atoms with Crippen molar-refractivity contribution in [2.45, 2.75) is 38.6 Å². The van der Waals surface area contributed by atoms with E-state index >= 15 is 0 Å². The summed E-state index contributed by atoms with van der Waals surface area (Å²) in [6.07, 6.45) is 6.70. The van der Waals surface area contributed by atoms with Gasteiger partial charge in [-0.2, -0.15) is 0 Å². The molecular formula is C23H27N5O2. The summed E-state index contributed by atoms with van der Waals surface area (Å²) in [7, 11) is 3.42. The molecular weight excluding hydrogens is 378 g/mol. The van der Waals surface area contributed by atoms with Crippen LogP contribution in [-0.4, -0.2) is 57.2 Å². The number of para-hydroxylation sites is 1. The van der Waals surface area contributed by atoms with Crippen molar-refractivity contribution in [2.24, 2.45) is 0 Å². The number of likely N-dealkylation sites (tertiary alicyclic amines) is 1. The molecule has 4 rings (SSSR count). The number of hydrogen-bond donors (Lipinski definition) is 1. The Morgan fingerprint density at radius 3 is 2.80 bits per heavy atom. The predicted molar refractivity (Wildman–Crippen MR) is 115 cm³/mol. The van der Waals surface area contributed by atoms with Crippen molar-refractivity contribution >= 4 is 22.7 Å². The van der Waals surface area contributed by atoms with Gasteiger partial charge >= 0.3 is 0 Å². The second-order valence-electron chi connectivity index (χ2n) is 8.06. The summed E-state index contributed by atoms with van der Waals surface area (Å²) >= 11 is 0. The van der Waals surface area contributed by atoms with Gasteiger partial charge in [0.25, 0.3) is 5.91 Å². The Morgan fingerprint density at radius 1 is 1.23 bits per heavy atom. The molecule has 2 aromatic heterocycles. The minimum Gasteiger partial charge on any atom is -0.361 e. The topological polar surface area (TPSA) is 82.2 Å². The highest BCUT2D eigenvalue weighted by atomic mass is 16.2. The highest BCUT2D eigenvalue weighted by Gasteiger charge is 2.31. The van der Waals surface area contributed by atoms with Gasteiger partial charge in [-0.25, -0.2) is 9.97 Å². The maximum absolute atomic E-state index is 13.2. The number of rotatable bonds is 4. The van der Waals surface area contributed by atoms with E-state index in [1.54, 1.807) is 20.3 Å². The molecule has 0 saturated carbocycles. The summed E-state index contributed by atoms with van der Waals surface area (Å²) in [4.78, 5) is 41.3. The normalized spacial score (nSPS) is 16.6. The zero-order valence-electron chi connectivity index (χ0n) is 17.7. The molecule has 1 fully saturated rings. The lowest BCUT2D eigenvalue weighted by Crippen LogP contribution is -2.40. The maximum atomic E-state index is 13.2. The second-order valence-corrected chi connectivity index (χ2v) is 8.06. The largest absolute Gasteiger partial charge is 0.361 e. The Morgan fingerprint density at radius 2 is 2.03 bits per heavy atom. The number of aromatic nitrogens is 3. The Labute approximate surface area is 176 Å². The molecule has 30 heavy (non-hydrogen) atoms. The minimum atomic E-state index is -0.154. The fraction of sp³-hybridized carbons (Fsp3) is 0.391. The summed E-state index contributed by atoms with van der Waals surface area (Å²) in [6, 6.07) is 7.87. The van der Waals surface area contributed by atoms with Crippen LogP contribution in [0.2, 0.25) is 0 Å². The first-order chi connectivity index (χ1) is 14.5. The van der Waals surface area contributed by atoms with Crippen LogP contribution >= 0.6 is 0 Å². The van der Waals surface area contributed by atoms with Crippen LogP contribution in [0, 0.1) is 6.92 Å². The monoisotopic (exact) mass is 405 g/mol. The lowest BCUT2D eigenvalue weighted by Gasteiger charge is -2.35. The number of amides is 2. The van der Waals surface area contributed by atoms with E-state index in [0.29, 0.717) is 30.0 Å². The molecule has 7 heteroatoms. The molecule has 3 aromatic rings. The van der Waals surface area contributed by atoms with Crippen molar-refractivity contribution < 1.29 is 9.59 Å². The Bertz CT molecular complexity index is 1090. The van der Waals surface area contributed by atoms with E-state index in [-0.39, 0.29) is 17.9 Å². The van der Waals surface area contributed by atoms with Crippen molar-refractivity contribution in [3.05, 3.63) is 59.3 Å². The van der Waals surface area contributed by atoms with Crippen LogP contribution in [0.25, 0.3) is 10.9 Å². The number of aryl methyl sites for hydroxylation is 1. The summed E-state index contributed by atoms with van der Waals surface area (Å²) in [5.74, 6) is 0.587. The van der Waals surface area contributed by atoms with Crippen molar-refractivity contribution in [1.82, 2.24) is 24.8 Å². The standard InChI is InChI=1S/C23H27N5O2/c1-15-18(23(30)27(2)3)14-25-22(26-15)20-10-6-7-11-28(20)21(29)12-16-13-24-19-9-5-4-8-17(16)19/h4-5,8-9,13-14,20,24H,6-7,10-12H2,1-3H3/t20-/m0/s1. The van der Waals surface area contributed by atoms with E-state index in [0.717, 1.165) is 35.7 Å². The van der Waals surface area contributed by atoms with Crippen LogP contribution in [0.3, 0.4) is 0 Å². The lowest BCUT2D eigenvalue weighted by molar-refractivity contribution is -0.134. The first-order valence-corrected chi connectivity index (χ1v) is 10.4. The van der Waals surface area contributed by atoms with Gasteiger partial charge in [-0.15, -0.1) is 0 Å². The quantitative estimate of drug-likeness (QED) is 0.722. The number of H-pyrrole nitrogens is 1. The third-order valence-electron chi connectivity index (χ3n) is 5.77. The van der Waals surface area contributed by atoms with Crippen molar-refractivity contribution in [3.63, 3.8) is 0 Å². The van der Waals surface area contributed by atoms with Crippen LogP contribution in [-0.2, 0) is 11.2 Å². The highest BCUT2D eigenvalue weighted by Crippen LogP contribution is 2.30. The van der Waals surface area contributed by atoms with Gasteiger partial charge < -0.3 is 14.8 Å². The molecule has 1 N–H and O–H groups in total. The molecule has 0 spiro atoms. The molecule has 0 bridgehead atoms. The first kappa shape index (κ1) is 20.1. The molecule has 1 saturated heterocycles. The molecule has 156 valence electrons. The third-order valence-corrected chi connectivity index (χ3v) is 5.77. The molecule has 0 aliphatic carbocycles. The van der Waals surface area contributed by atoms with Crippen molar-refractivity contribution in [1.29, 1.82) is 0 Å². The average molecular weight is 406 g/mol. The number of aromatic amines is 1. The Balaban J connectivity index is 1.58. The number of benzene rings is 1. The number of piperidine rings is 1. The zero-order valence-corrected chi connectivity index (χ0v) is 17.7. The molecule has 2 amide bonds. The molecule has 0 radical (unpaired) electrons. The van der Waals surface area contributed by atoms with Gasteiger partial charge in [-0.1, -0.05) is 18.2 Å². The van der Waals surface area contributed by atoms with E-state index in [4.69, 9.17) is 0 Å². The number of carbonyl (C=O) groups excluding carboxylic acids is 2. The molecule has 1 aliphatic rings. The van der Waals surface area contributed by atoms with E-state index in [1.165, 1.54) is 4.90 Å². The third kappa shape index (κ3) is 3.79. The van der Waals surface area contributed by atoms with Crippen LogP contribution < -0.4 is 0 Å². The highest BCUT2D eigenvalue weighted by molar-refractivity contribution is 5.94. The number of nitrogens with zero attached hydrogens (tertiary/aromatic N) is 4. The first-order valence-electron chi connectivity index (χ1n) is 10.4. The molecule has 7 nitrogen and oxygen atoms in total. The van der Waals surface area contributed by atoms with E-state index < -0.39 is 0 Å². The average Bonchev–Trinajstić information content (AvgIpc) is 3.16. The van der Waals surface area contributed by atoms with Gasteiger partial charge in [-0.3, -0.25) is 9.59 Å². The van der Waals surface area contributed by atoms with Gasteiger partial charge in [0.05, 0.1) is 23.7 Å². The van der Waals surface area contributed by atoms with Crippen LogP contribution in [0.5, 0.6) is 0 Å². The van der Waals surface area contributed by atoms with Crippen LogP contribution in [0.1, 0.15) is 52.7 Å². The van der Waals surface area contributed by atoms with E-state index in [2.05, 4.69) is 15.0 Å². The van der Waals surface area contributed by atoms with Crippen LogP contribution in [0.4, 0.5) is 0 Å². The second kappa shape index (κ2) is 8.26. The number of carbonyl (C=O) groups is 2. The lowest BCUT2D eigenvalue weighted by atomic mass is 9.99. The molecule has 1 aromatic carbocycles. The Hall–Kier alpha value is -3.22. The van der Waals surface area contributed by atoms with Gasteiger partial charge in [0.15, 0.2) is 5.82 Å². The Kier molecular flexibility index (Phi) is 5.53. The van der Waals surface area contributed by atoms with Gasteiger partial charge in [0.1, 0.15) is 0 Å². The number of hydrogen-bond acceptors (Lipinski definition) is 4. The van der Waals surface area contributed by atoms with E-state index in [9.17, 15) is 9.59 Å². The van der Waals surface area contributed by atoms with Gasteiger partial charge in [0, 0.05) is 43.9 Å². The van der Waals surface area contributed by atoms with Crippen molar-refractivity contribution in [3.8, 4) is 0 Å². The smallest absolute Gasteiger partial charge is 0.256 e. The van der Waals surface area contributed by atoms with Crippen LogP contribution in [0.15, 0.2) is 36.7 Å². The van der Waals surface area contributed by atoms with Gasteiger partial charge in [0.2, 0.25) is 5.91 Å². The number of nitrogens with one attached hydrogen (secondary N) is 1. The summed E-state index contributed by atoms with van der Waals surface area (Å²) < 4.78 is 0. The number of fused-ring (bicyclic) bond motifs is 1. The summed E-state index contributed by atoms with van der Waals surface area (Å²) in [5, 5.41) is 1.08. The molecule has 0 unspecified atom stereocenters. The SMILES string of the molecule is Cc1nc([C@@H]2CCCCN2C(=O)Cc2c[nH]c3ccccc23)ncc1C(=O)N(C)C. The zero-order chi connectivity index (χ0) is 21.3. The van der Waals surface area contributed by atoms with Gasteiger partial charge in [-0.05, 0) is 37.8 Å².